The minimum absolute atomic E-state index is 0.0800. The molecule has 114 valence electrons. The molecular formula is C17H23NO3. The zero-order valence-corrected chi connectivity index (χ0v) is 12.5. The van der Waals surface area contributed by atoms with E-state index in [1.807, 2.05) is 0 Å². The number of carbonyl (C=O) groups excluding carboxylic acids is 1. The highest BCUT2D eigenvalue weighted by atomic mass is 16.4. The van der Waals surface area contributed by atoms with Crippen LogP contribution in [0.4, 0.5) is 0 Å². The molecule has 2 N–H and O–H groups in total. The molecule has 4 heteroatoms. The molecule has 1 saturated carbocycles. The molecule has 1 aliphatic carbocycles. The van der Waals surface area contributed by atoms with Crippen molar-refractivity contribution in [2.45, 2.75) is 51.5 Å². The third kappa shape index (κ3) is 4.31. The molecule has 0 radical (unpaired) electrons. The summed E-state index contributed by atoms with van der Waals surface area (Å²) in [7, 11) is 0. The van der Waals surface area contributed by atoms with Crippen molar-refractivity contribution in [3.8, 4) is 0 Å². The highest BCUT2D eigenvalue weighted by molar-refractivity contribution is 5.91. The van der Waals surface area contributed by atoms with E-state index in [1.54, 1.807) is 18.2 Å². The second kappa shape index (κ2) is 7.25. The van der Waals surface area contributed by atoms with Gasteiger partial charge in [-0.3, -0.25) is 4.79 Å². The van der Waals surface area contributed by atoms with Crippen LogP contribution in [0, 0.1) is 5.92 Å². The van der Waals surface area contributed by atoms with Crippen molar-refractivity contribution in [1.29, 1.82) is 0 Å². The van der Waals surface area contributed by atoms with E-state index in [0.29, 0.717) is 5.56 Å². The van der Waals surface area contributed by atoms with Crippen LogP contribution in [0.2, 0.25) is 0 Å². The van der Waals surface area contributed by atoms with Gasteiger partial charge in [0.15, 0.2) is 0 Å². The number of rotatable bonds is 5. The lowest BCUT2D eigenvalue weighted by Gasteiger charge is -2.28. The summed E-state index contributed by atoms with van der Waals surface area (Å²) >= 11 is 0. The molecule has 21 heavy (non-hydrogen) atoms. The van der Waals surface area contributed by atoms with Crippen LogP contribution in [-0.2, 0) is 11.2 Å². The van der Waals surface area contributed by atoms with Gasteiger partial charge in [-0.15, -0.1) is 0 Å². The van der Waals surface area contributed by atoms with E-state index in [-0.39, 0.29) is 23.9 Å². The Morgan fingerprint density at radius 1 is 1.19 bits per heavy atom. The molecule has 0 aromatic heterocycles. The summed E-state index contributed by atoms with van der Waals surface area (Å²) in [5.41, 5.74) is 0.784. The molecule has 0 spiro atoms. The first kappa shape index (κ1) is 15.5. The number of carboxylic acid groups (broad SMARTS) is 1. The number of carboxylic acids is 1. The van der Waals surface area contributed by atoms with Gasteiger partial charge in [0, 0.05) is 6.04 Å². The number of aromatic carboxylic acids is 1. The lowest BCUT2D eigenvalue weighted by Crippen LogP contribution is -2.38. The van der Waals surface area contributed by atoms with Gasteiger partial charge in [-0.05, 0) is 43.2 Å². The summed E-state index contributed by atoms with van der Waals surface area (Å²) in [6, 6.07) is 6.93. The molecule has 0 aliphatic heterocycles. The quantitative estimate of drug-likeness (QED) is 0.875. The first-order valence-electron chi connectivity index (χ1n) is 7.70. The molecule has 0 atom stereocenters. The molecular weight excluding hydrogens is 266 g/mol. The lowest BCUT2D eigenvalue weighted by atomic mass is 9.84. The summed E-state index contributed by atoms with van der Waals surface area (Å²) in [4.78, 5) is 23.2. The van der Waals surface area contributed by atoms with Gasteiger partial charge in [0.2, 0.25) is 5.91 Å². The third-order valence-corrected chi connectivity index (χ3v) is 4.39. The molecule has 1 aliphatic rings. The van der Waals surface area contributed by atoms with Gasteiger partial charge in [-0.25, -0.2) is 4.79 Å². The average molecular weight is 289 g/mol. The van der Waals surface area contributed by atoms with Crippen LogP contribution >= 0.6 is 0 Å². The first-order chi connectivity index (χ1) is 10.1. The second-order valence-corrected chi connectivity index (χ2v) is 5.83. The fraction of sp³-hybridized carbons (Fsp3) is 0.529. The Labute approximate surface area is 125 Å². The molecule has 2 rings (SSSR count). The maximum absolute atomic E-state index is 12.1. The van der Waals surface area contributed by atoms with Gasteiger partial charge in [-0.2, -0.15) is 0 Å². The van der Waals surface area contributed by atoms with Crippen molar-refractivity contribution in [3.05, 3.63) is 35.4 Å². The van der Waals surface area contributed by atoms with Crippen LogP contribution in [-0.4, -0.2) is 23.0 Å². The Morgan fingerprint density at radius 3 is 2.48 bits per heavy atom. The van der Waals surface area contributed by atoms with Crippen LogP contribution in [0.25, 0.3) is 0 Å². The third-order valence-electron chi connectivity index (χ3n) is 4.39. The molecule has 1 aromatic rings. The van der Waals surface area contributed by atoms with Gasteiger partial charge < -0.3 is 10.4 Å². The number of hydrogen-bond donors (Lipinski definition) is 2. The molecule has 0 heterocycles. The molecule has 1 fully saturated rings. The van der Waals surface area contributed by atoms with E-state index in [9.17, 15) is 9.59 Å². The maximum atomic E-state index is 12.1. The van der Waals surface area contributed by atoms with Gasteiger partial charge in [-0.1, -0.05) is 31.5 Å². The summed E-state index contributed by atoms with van der Waals surface area (Å²) in [6.07, 6.45) is 5.76. The van der Waals surface area contributed by atoms with E-state index in [0.717, 1.165) is 18.8 Å². The van der Waals surface area contributed by atoms with Crippen LogP contribution < -0.4 is 5.32 Å². The maximum Gasteiger partial charge on any atom is 0.335 e. The highest BCUT2D eigenvalue weighted by Crippen LogP contribution is 2.26. The normalized spacial score (nSPS) is 21.8. The van der Waals surface area contributed by atoms with Crippen molar-refractivity contribution in [3.63, 3.8) is 0 Å². The fourth-order valence-corrected chi connectivity index (χ4v) is 3.05. The Balaban J connectivity index is 1.89. The van der Waals surface area contributed by atoms with E-state index in [4.69, 9.17) is 5.11 Å². The zero-order valence-electron chi connectivity index (χ0n) is 12.5. The van der Waals surface area contributed by atoms with E-state index >= 15 is 0 Å². The summed E-state index contributed by atoms with van der Waals surface area (Å²) < 4.78 is 0. The second-order valence-electron chi connectivity index (χ2n) is 5.83. The first-order valence-corrected chi connectivity index (χ1v) is 7.70. The van der Waals surface area contributed by atoms with Crippen LogP contribution in [0.3, 0.4) is 0 Å². The van der Waals surface area contributed by atoms with E-state index in [2.05, 4.69) is 12.2 Å². The molecule has 0 saturated heterocycles. The van der Waals surface area contributed by atoms with Gasteiger partial charge in [0.05, 0.1) is 12.0 Å². The minimum atomic E-state index is -0.984. The minimum Gasteiger partial charge on any atom is -0.478 e. The van der Waals surface area contributed by atoms with Crippen molar-refractivity contribution >= 4 is 11.9 Å². The Morgan fingerprint density at radius 2 is 1.86 bits per heavy atom. The number of benzene rings is 1. The molecule has 4 nitrogen and oxygen atoms in total. The Kier molecular flexibility index (Phi) is 5.37. The van der Waals surface area contributed by atoms with Crippen LogP contribution in [0.15, 0.2) is 24.3 Å². The summed E-state index contributed by atoms with van der Waals surface area (Å²) in [6.45, 7) is 2.21. The SMILES string of the molecule is CCC1CCC(NC(=O)Cc2ccccc2C(=O)O)CC1. The van der Waals surface area contributed by atoms with Crippen molar-refractivity contribution in [2.24, 2.45) is 5.92 Å². The van der Waals surface area contributed by atoms with Crippen LogP contribution in [0.5, 0.6) is 0 Å². The van der Waals surface area contributed by atoms with E-state index in [1.165, 1.54) is 25.3 Å². The topological polar surface area (TPSA) is 66.4 Å². The van der Waals surface area contributed by atoms with Crippen molar-refractivity contribution < 1.29 is 14.7 Å². The Hall–Kier alpha value is -1.84. The molecule has 1 amide bonds. The Bertz CT molecular complexity index is 505. The largest absolute Gasteiger partial charge is 0.478 e. The van der Waals surface area contributed by atoms with Gasteiger partial charge in [0.25, 0.3) is 0 Å². The smallest absolute Gasteiger partial charge is 0.335 e. The van der Waals surface area contributed by atoms with Crippen molar-refractivity contribution in [2.75, 3.05) is 0 Å². The van der Waals surface area contributed by atoms with Crippen molar-refractivity contribution in [1.82, 2.24) is 5.32 Å². The highest BCUT2D eigenvalue weighted by Gasteiger charge is 2.21. The fourth-order valence-electron chi connectivity index (χ4n) is 3.05. The number of carbonyl (C=O) groups is 2. The molecule has 0 bridgehead atoms. The predicted octanol–water partition coefficient (Wildman–Crippen LogP) is 3.01. The summed E-state index contributed by atoms with van der Waals surface area (Å²) in [5, 5.41) is 12.2. The molecule has 0 unspecified atom stereocenters. The number of nitrogens with one attached hydrogen (secondary N) is 1. The van der Waals surface area contributed by atoms with Crippen LogP contribution in [0.1, 0.15) is 54.9 Å². The zero-order chi connectivity index (χ0) is 15.2. The van der Waals surface area contributed by atoms with E-state index < -0.39 is 5.97 Å². The predicted molar refractivity (Wildman–Crippen MR) is 81.3 cm³/mol. The lowest BCUT2D eigenvalue weighted by molar-refractivity contribution is -0.121. The van der Waals surface area contributed by atoms with Gasteiger partial charge in [0.1, 0.15) is 0 Å². The summed E-state index contributed by atoms with van der Waals surface area (Å²) in [5.74, 6) is -0.267. The standard InChI is InChI=1S/C17H23NO3/c1-2-12-7-9-14(10-8-12)18-16(19)11-13-5-3-4-6-15(13)17(20)21/h3-6,12,14H,2,7-11H2,1H3,(H,18,19)(H,20,21). The average Bonchev–Trinajstić information content (AvgIpc) is 2.48. The monoisotopic (exact) mass is 289 g/mol. The number of hydrogen-bond acceptors (Lipinski definition) is 2. The van der Waals surface area contributed by atoms with Gasteiger partial charge >= 0.3 is 5.97 Å². The number of amides is 1. The molecule has 1 aromatic carbocycles.